The molecule has 5 aliphatic heterocycles. The smallest absolute Gasteiger partial charge is 0.397 e. The lowest BCUT2D eigenvalue weighted by Crippen LogP contribution is -2.70. The number of amides is 1. The predicted molar refractivity (Wildman–Crippen MR) is 189 cm³/mol. The number of aliphatic hydroxyl groups excluding tert-OH is 14. The van der Waals surface area contributed by atoms with Crippen molar-refractivity contribution in [2.75, 3.05) is 26.4 Å². The van der Waals surface area contributed by atoms with Crippen molar-refractivity contribution in [3.8, 4) is 0 Å². The average molecular weight is 964 g/mol. The van der Waals surface area contributed by atoms with Crippen LogP contribution in [0.1, 0.15) is 6.92 Å². The molecule has 1 amide bonds. The molecule has 64 heavy (non-hydrogen) atoms. The van der Waals surface area contributed by atoms with Crippen molar-refractivity contribution in [3.63, 3.8) is 0 Å². The molecule has 5 fully saturated rings. The summed E-state index contributed by atoms with van der Waals surface area (Å²) in [5.41, 5.74) is 0. The number of hydrogen-bond donors (Lipinski definition) is 17. The third-order valence-electron chi connectivity index (χ3n) is 10.9. The Morgan fingerprint density at radius 3 is 1.36 bits per heavy atom. The van der Waals surface area contributed by atoms with Crippen molar-refractivity contribution in [2.45, 2.75) is 160 Å². The highest BCUT2D eigenvalue weighted by Crippen LogP contribution is 2.36. The summed E-state index contributed by atoms with van der Waals surface area (Å²) in [7, 11) is -5.49. The highest BCUT2D eigenvalue weighted by Gasteiger charge is 2.58. The van der Waals surface area contributed by atoms with Crippen LogP contribution in [0.5, 0.6) is 0 Å². The lowest BCUT2D eigenvalue weighted by Gasteiger charge is -2.50. The molecular formula is C32H53NO30S. The third-order valence-corrected chi connectivity index (χ3v) is 11.4. The molecule has 0 aliphatic carbocycles. The van der Waals surface area contributed by atoms with E-state index in [2.05, 4.69) is 9.50 Å². The number of ether oxygens (including phenoxy) is 9. The molecule has 32 heteroatoms. The minimum Gasteiger partial charge on any atom is -0.479 e. The number of aliphatic carboxylic acids is 1. The molecular weight excluding hydrogens is 910 g/mol. The Morgan fingerprint density at radius 1 is 0.500 bits per heavy atom. The van der Waals surface area contributed by atoms with Crippen molar-refractivity contribution in [2.24, 2.45) is 0 Å². The standard InChI is InChI=1S/C32H53NO30S/c1-6(38)33-11-14(41)21(58-30-19(46)24(13(40)8(3-35)55-30)61-32-20(47)25(63-64(51,52)53)17(44)26(62-32)27(48)49)10(5-37)57-29(11)60-23-12(39)7(2-34)56-31(18(23)45)59-22-9(4-36)54-28(50)16(43)15(22)42/h7-26,28-32,34-37,39-47,50H,2-5H2,1H3,(H,33,38)(H,48,49)(H,51,52,53)/t7-,8-,9-,10-,11-,12+,13+,14-,15-,16-,17-,18-,19-,20-,21-,22-,23+,24+,25+,26+,28-,29+,30+,31+,32-/m1/s1. The van der Waals surface area contributed by atoms with Gasteiger partial charge in [0.25, 0.3) is 0 Å². The molecule has 5 rings (SSSR count). The average Bonchev–Trinajstić information content (AvgIpc) is 3.23. The first-order valence-corrected chi connectivity index (χ1v) is 20.6. The monoisotopic (exact) mass is 963 g/mol. The molecule has 0 aromatic heterocycles. The zero-order chi connectivity index (χ0) is 47.7. The van der Waals surface area contributed by atoms with E-state index in [9.17, 15) is 94.6 Å². The van der Waals surface area contributed by atoms with Crippen molar-refractivity contribution in [1.82, 2.24) is 5.32 Å². The molecule has 0 aromatic carbocycles. The first-order valence-electron chi connectivity index (χ1n) is 19.3. The van der Waals surface area contributed by atoms with Gasteiger partial charge in [-0.25, -0.2) is 8.98 Å². The maximum absolute atomic E-state index is 12.4. The van der Waals surface area contributed by atoms with Gasteiger partial charge in [0, 0.05) is 6.92 Å². The van der Waals surface area contributed by atoms with Crippen LogP contribution in [0, 0.1) is 0 Å². The van der Waals surface area contributed by atoms with Gasteiger partial charge >= 0.3 is 16.4 Å². The van der Waals surface area contributed by atoms with Gasteiger partial charge < -0.3 is 125 Å². The van der Waals surface area contributed by atoms with Crippen LogP contribution in [-0.2, 0) is 66.8 Å². The van der Waals surface area contributed by atoms with E-state index in [1.165, 1.54) is 0 Å². The zero-order valence-corrected chi connectivity index (χ0v) is 33.9. The Bertz CT molecular complexity index is 1650. The zero-order valence-electron chi connectivity index (χ0n) is 33.0. The summed E-state index contributed by atoms with van der Waals surface area (Å²) in [6.45, 7) is -3.10. The normalized spacial score (nSPS) is 48.1. The Labute approximate surface area is 360 Å². The molecule has 0 bridgehead atoms. The van der Waals surface area contributed by atoms with Crippen molar-refractivity contribution in [1.29, 1.82) is 0 Å². The number of carbonyl (C=O) groups is 2. The highest BCUT2D eigenvalue weighted by atomic mass is 32.3. The van der Waals surface area contributed by atoms with Gasteiger partial charge in [-0.1, -0.05) is 0 Å². The fourth-order valence-corrected chi connectivity index (χ4v) is 8.16. The van der Waals surface area contributed by atoms with Gasteiger partial charge in [0.2, 0.25) is 5.91 Å². The van der Waals surface area contributed by atoms with Crippen LogP contribution in [0.15, 0.2) is 0 Å². The predicted octanol–water partition coefficient (Wildman–Crippen LogP) is -11.9. The summed E-state index contributed by atoms with van der Waals surface area (Å²) in [5, 5.41) is 160. The van der Waals surface area contributed by atoms with Crippen LogP contribution < -0.4 is 5.32 Å². The number of carbonyl (C=O) groups excluding carboxylic acids is 1. The maximum atomic E-state index is 12.4. The van der Waals surface area contributed by atoms with Gasteiger partial charge in [0.05, 0.1) is 26.4 Å². The van der Waals surface area contributed by atoms with Crippen LogP contribution in [-0.4, -0.2) is 281 Å². The summed E-state index contributed by atoms with van der Waals surface area (Å²) in [6.07, 6.45) is -49.6. The largest absolute Gasteiger partial charge is 0.479 e. The van der Waals surface area contributed by atoms with E-state index >= 15 is 0 Å². The summed E-state index contributed by atoms with van der Waals surface area (Å²) < 4.78 is 85.7. The van der Waals surface area contributed by atoms with Gasteiger partial charge in [0.1, 0.15) is 116 Å². The fraction of sp³-hybridized carbons (Fsp3) is 0.938. The summed E-state index contributed by atoms with van der Waals surface area (Å²) >= 11 is 0. The summed E-state index contributed by atoms with van der Waals surface area (Å²) in [6, 6.07) is -1.82. The molecule has 0 saturated carbocycles. The van der Waals surface area contributed by atoms with Crippen molar-refractivity contribution < 1.29 is 146 Å². The molecule has 0 spiro atoms. The molecule has 0 aromatic rings. The molecule has 5 saturated heterocycles. The Kier molecular flexibility index (Phi) is 18.1. The number of carboxylic acid groups (broad SMARTS) is 1. The topological polar surface area (TPSA) is 496 Å². The fourth-order valence-electron chi connectivity index (χ4n) is 7.65. The molecule has 31 nitrogen and oxygen atoms in total. The van der Waals surface area contributed by atoms with E-state index in [0.29, 0.717) is 0 Å². The minimum absolute atomic E-state index is 0.884. The van der Waals surface area contributed by atoms with E-state index in [1.807, 2.05) is 0 Å². The minimum atomic E-state index is -5.49. The number of aliphatic hydroxyl groups is 14. The van der Waals surface area contributed by atoms with Crippen LogP contribution in [0.3, 0.4) is 0 Å². The first-order chi connectivity index (χ1) is 30.0. The lowest BCUT2D eigenvalue weighted by atomic mass is 9.94. The number of carboxylic acids is 1. The molecule has 0 radical (unpaired) electrons. The molecule has 25 atom stereocenters. The number of hydrogen-bond acceptors (Lipinski definition) is 28. The Balaban J connectivity index is 1.37. The second kappa shape index (κ2) is 21.9. The van der Waals surface area contributed by atoms with Crippen LogP contribution in [0.2, 0.25) is 0 Å². The first kappa shape index (κ1) is 52.9. The Morgan fingerprint density at radius 2 is 0.906 bits per heavy atom. The van der Waals surface area contributed by atoms with Gasteiger partial charge in [-0.15, -0.1) is 0 Å². The number of rotatable bonds is 16. The van der Waals surface area contributed by atoms with Crippen LogP contribution >= 0.6 is 0 Å². The van der Waals surface area contributed by atoms with E-state index < -0.39 is 202 Å². The van der Waals surface area contributed by atoms with E-state index in [0.717, 1.165) is 6.92 Å². The summed E-state index contributed by atoms with van der Waals surface area (Å²) in [5.74, 6) is -2.85. The molecule has 372 valence electrons. The summed E-state index contributed by atoms with van der Waals surface area (Å²) in [4.78, 5) is 24.2. The van der Waals surface area contributed by atoms with E-state index in [1.54, 1.807) is 0 Å². The quantitative estimate of drug-likeness (QED) is 0.0639. The highest BCUT2D eigenvalue weighted by molar-refractivity contribution is 7.80. The van der Waals surface area contributed by atoms with Gasteiger partial charge in [-0.2, -0.15) is 8.42 Å². The van der Waals surface area contributed by atoms with E-state index in [4.69, 9.17) is 47.2 Å². The van der Waals surface area contributed by atoms with Crippen molar-refractivity contribution in [3.05, 3.63) is 0 Å². The van der Waals surface area contributed by atoms with Gasteiger partial charge in [-0.05, 0) is 0 Å². The number of nitrogens with one attached hydrogen (secondary N) is 1. The van der Waals surface area contributed by atoms with Crippen LogP contribution in [0.25, 0.3) is 0 Å². The molecule has 5 aliphatic rings. The third kappa shape index (κ3) is 11.4. The molecule has 17 N–H and O–H groups in total. The lowest BCUT2D eigenvalue weighted by molar-refractivity contribution is -0.385. The SMILES string of the molecule is CC(=O)N[C@H]1[C@H](O[C@H]2[C@@H](O)[C@@H](CO)O[C@@H](O[C@H]3[C@H](O)[C@@H](O)[C@H](O)O[C@@H]3CO)[C@@H]2O)O[C@H](CO)[C@@H](O[C@@H]2O[C@H](CO)[C@H](O)[C@H](O[C@@H]3O[C@H](C(=O)O)[C@H](O)[C@H](OS(=O)(=O)O)[C@H]3O)[C@H]2O)[C@@H]1O. The van der Waals surface area contributed by atoms with Crippen LogP contribution in [0.4, 0.5) is 0 Å². The van der Waals surface area contributed by atoms with Gasteiger partial charge in [0.15, 0.2) is 37.6 Å². The second-order valence-corrected chi connectivity index (χ2v) is 16.3. The Hall–Kier alpha value is -2.11. The van der Waals surface area contributed by atoms with Gasteiger partial charge in [-0.3, -0.25) is 9.35 Å². The van der Waals surface area contributed by atoms with Crippen molar-refractivity contribution >= 4 is 22.3 Å². The second-order valence-electron chi connectivity index (χ2n) is 15.2. The molecule has 0 unspecified atom stereocenters. The van der Waals surface area contributed by atoms with E-state index in [-0.39, 0.29) is 0 Å². The molecule has 5 heterocycles. The maximum Gasteiger partial charge on any atom is 0.397 e.